The van der Waals surface area contributed by atoms with E-state index in [9.17, 15) is 5.41 Å². The highest BCUT2D eigenvalue weighted by molar-refractivity contribution is 6.22. The highest BCUT2D eigenvalue weighted by atomic mass is 16.3. The molecule has 0 aliphatic heterocycles. The number of para-hydroxylation sites is 4. The molecule has 4 aromatic heterocycles. The van der Waals surface area contributed by atoms with Gasteiger partial charge in [0, 0.05) is 54.3 Å². The molecule has 7 heteroatoms. The summed E-state index contributed by atoms with van der Waals surface area (Å²) in [6.07, 6.45) is 0. The number of benzene rings is 10. The van der Waals surface area contributed by atoms with Gasteiger partial charge in [-0.05, 0) is 99.4 Å². The molecule has 4 N–H and O–H groups in total. The molecule has 65 heavy (non-hydrogen) atoms. The summed E-state index contributed by atoms with van der Waals surface area (Å²) in [6, 6.07) is 65.5. The van der Waals surface area contributed by atoms with Crippen LogP contribution < -0.4 is 5.73 Å². The molecule has 14 rings (SSSR count). The second kappa shape index (κ2) is 13.3. The Labute approximate surface area is 369 Å². The maximum absolute atomic E-state index is 9.56. The predicted octanol–water partition coefficient (Wildman–Crippen LogP) is 14.9. The number of hydrogen-bond acceptors (Lipinski definition) is 3. The van der Waals surface area contributed by atoms with E-state index in [1.807, 2.05) is 66.7 Å². The molecular weight excluding hydrogens is 799 g/mol. The molecule has 304 valence electrons. The first-order chi connectivity index (χ1) is 32.0. The van der Waals surface area contributed by atoms with Gasteiger partial charge in [-0.1, -0.05) is 121 Å². The smallest absolute Gasteiger partial charge is 0.154 e. The first-order valence-corrected chi connectivity index (χ1v) is 21.7. The van der Waals surface area contributed by atoms with E-state index in [1.165, 1.54) is 16.2 Å². The summed E-state index contributed by atoms with van der Waals surface area (Å²) in [5.41, 5.74) is 18.3. The Morgan fingerprint density at radius 3 is 2.02 bits per heavy atom. The van der Waals surface area contributed by atoms with Gasteiger partial charge in [0.2, 0.25) is 0 Å². The third-order valence-electron chi connectivity index (χ3n) is 13.3. The van der Waals surface area contributed by atoms with Gasteiger partial charge in [0.1, 0.15) is 28.2 Å². The van der Waals surface area contributed by atoms with Crippen LogP contribution in [0.15, 0.2) is 202 Å². The molecule has 0 saturated carbocycles. The monoisotopic (exact) mass is 833 g/mol. The molecule has 0 fully saturated rings. The molecular formula is C58H35N5O2. The first kappa shape index (κ1) is 35.6. The van der Waals surface area contributed by atoms with E-state index in [1.54, 1.807) is 0 Å². The van der Waals surface area contributed by atoms with E-state index >= 15 is 0 Å². The maximum atomic E-state index is 9.56. The lowest BCUT2D eigenvalue weighted by Crippen LogP contribution is -2.16. The van der Waals surface area contributed by atoms with Gasteiger partial charge in [-0.15, -0.1) is 0 Å². The number of furan rings is 2. The average Bonchev–Trinajstić information content (AvgIpc) is 4.10. The van der Waals surface area contributed by atoms with Gasteiger partial charge in [-0.2, -0.15) is 0 Å². The van der Waals surface area contributed by atoms with Crippen LogP contribution >= 0.6 is 0 Å². The van der Waals surface area contributed by atoms with Crippen molar-refractivity contribution in [2.75, 3.05) is 0 Å². The SMILES string of the molecule is N=C(N=C(N)c1cccc2c1oc1ccccc12)c1cc(-n2c3cc4ccccc4cc3c3cc4cccc(-c5ccc6c(c5)[nH]c5ccccc56)c4cc32)c2c(c1)oc1ccccc12. The van der Waals surface area contributed by atoms with Crippen molar-refractivity contribution in [3.8, 4) is 16.8 Å². The van der Waals surface area contributed by atoms with Crippen LogP contribution in [0.2, 0.25) is 0 Å². The number of nitrogens with zero attached hydrogens (tertiary/aromatic N) is 2. The molecule has 0 radical (unpaired) electrons. The van der Waals surface area contributed by atoms with Crippen LogP contribution in [0, 0.1) is 5.41 Å². The van der Waals surface area contributed by atoms with Gasteiger partial charge >= 0.3 is 0 Å². The Morgan fingerprint density at radius 1 is 0.492 bits per heavy atom. The van der Waals surface area contributed by atoms with Crippen molar-refractivity contribution in [1.82, 2.24) is 9.55 Å². The number of nitrogens with two attached hydrogens (primary N) is 1. The number of amidine groups is 2. The van der Waals surface area contributed by atoms with Crippen molar-refractivity contribution in [2.24, 2.45) is 10.7 Å². The summed E-state index contributed by atoms with van der Waals surface area (Å²) >= 11 is 0. The predicted molar refractivity (Wildman–Crippen MR) is 269 cm³/mol. The summed E-state index contributed by atoms with van der Waals surface area (Å²) in [5, 5.41) is 22.7. The minimum Gasteiger partial charge on any atom is -0.456 e. The molecule has 4 heterocycles. The van der Waals surface area contributed by atoms with E-state index in [2.05, 4.69) is 131 Å². The van der Waals surface area contributed by atoms with Gasteiger partial charge < -0.3 is 24.1 Å². The molecule has 0 aliphatic carbocycles. The van der Waals surface area contributed by atoms with Crippen LogP contribution in [0.1, 0.15) is 11.1 Å². The van der Waals surface area contributed by atoms with E-state index in [4.69, 9.17) is 19.6 Å². The lowest BCUT2D eigenvalue weighted by molar-refractivity contribution is 0.668. The van der Waals surface area contributed by atoms with Gasteiger partial charge in [0.05, 0.1) is 27.7 Å². The van der Waals surface area contributed by atoms with Crippen LogP contribution in [0.4, 0.5) is 0 Å². The fraction of sp³-hybridized carbons (Fsp3) is 0. The van der Waals surface area contributed by atoms with Crippen molar-refractivity contribution in [2.45, 2.75) is 0 Å². The Bertz CT molecular complexity index is 4410. The number of hydrogen-bond donors (Lipinski definition) is 3. The zero-order valence-electron chi connectivity index (χ0n) is 34.7. The van der Waals surface area contributed by atoms with E-state index in [-0.39, 0.29) is 11.7 Å². The number of rotatable bonds is 4. The Kier molecular flexibility index (Phi) is 7.28. The van der Waals surface area contributed by atoms with Crippen LogP contribution in [-0.2, 0) is 0 Å². The van der Waals surface area contributed by atoms with Crippen molar-refractivity contribution in [3.05, 3.63) is 199 Å². The van der Waals surface area contributed by atoms with Crippen molar-refractivity contribution >= 4 is 121 Å². The first-order valence-electron chi connectivity index (χ1n) is 21.7. The molecule has 0 spiro atoms. The summed E-state index contributed by atoms with van der Waals surface area (Å²) < 4.78 is 15.3. The zero-order valence-corrected chi connectivity index (χ0v) is 34.7. The molecule has 0 saturated heterocycles. The highest BCUT2D eigenvalue weighted by Gasteiger charge is 2.23. The highest BCUT2D eigenvalue weighted by Crippen LogP contribution is 2.43. The zero-order chi connectivity index (χ0) is 42.9. The normalized spacial score (nSPS) is 12.5. The Balaban J connectivity index is 1.03. The quantitative estimate of drug-likeness (QED) is 0.121. The fourth-order valence-corrected chi connectivity index (χ4v) is 10.3. The lowest BCUT2D eigenvalue weighted by atomic mass is 9.96. The summed E-state index contributed by atoms with van der Waals surface area (Å²) in [4.78, 5) is 8.43. The standard InChI is InChI=1S/C58H35N5O2/c59-57(62-58(60)43-19-10-18-41-40-15-4-7-21-52(40)65-56(41)43)36-29-51(55-42-16-5-8-22-53(42)64-54(55)30-36)63-49-28-33-12-2-1-11-32(33)25-45(49)46-26-34-13-9-17-37(44(34)31-50(46)63)35-23-24-39-38-14-3-6-20-47(38)61-48(39)27-35/h1-31,61H,(H3,59,60,62). The fourth-order valence-electron chi connectivity index (χ4n) is 10.3. The number of nitrogens with one attached hydrogen (secondary N) is 2. The molecule has 10 aromatic carbocycles. The van der Waals surface area contributed by atoms with Crippen molar-refractivity contribution in [1.29, 1.82) is 5.41 Å². The van der Waals surface area contributed by atoms with Crippen LogP contribution in [0.5, 0.6) is 0 Å². The van der Waals surface area contributed by atoms with E-state index < -0.39 is 0 Å². The Hall–Kier alpha value is -8.94. The molecule has 0 atom stereocenters. The van der Waals surface area contributed by atoms with Gasteiger partial charge in [0.25, 0.3) is 0 Å². The lowest BCUT2D eigenvalue weighted by Gasteiger charge is -2.14. The molecule has 7 nitrogen and oxygen atoms in total. The van der Waals surface area contributed by atoms with E-state index in [0.717, 1.165) is 98.5 Å². The number of aliphatic imine (C=N–C) groups is 1. The molecule has 0 aliphatic rings. The van der Waals surface area contributed by atoms with Gasteiger partial charge in [-0.25, -0.2) is 4.99 Å². The number of H-pyrrole nitrogens is 1. The molecule has 14 aromatic rings. The van der Waals surface area contributed by atoms with Crippen LogP contribution in [0.3, 0.4) is 0 Å². The summed E-state index contributed by atoms with van der Waals surface area (Å²) in [7, 11) is 0. The van der Waals surface area contributed by atoms with E-state index in [0.29, 0.717) is 22.3 Å². The number of aromatic amines is 1. The minimum absolute atomic E-state index is 0.00513. The van der Waals surface area contributed by atoms with Gasteiger partial charge in [-0.3, -0.25) is 5.41 Å². The van der Waals surface area contributed by atoms with Crippen molar-refractivity contribution in [3.63, 3.8) is 0 Å². The third-order valence-corrected chi connectivity index (χ3v) is 13.3. The average molecular weight is 834 g/mol. The summed E-state index contributed by atoms with van der Waals surface area (Å²) in [6.45, 7) is 0. The second-order valence-corrected chi connectivity index (χ2v) is 17.0. The largest absolute Gasteiger partial charge is 0.456 e. The Morgan fingerprint density at radius 2 is 1.15 bits per heavy atom. The molecule has 0 unspecified atom stereocenters. The molecule has 0 amide bonds. The number of fused-ring (bicyclic) bond motifs is 14. The minimum atomic E-state index is 0.00513. The summed E-state index contributed by atoms with van der Waals surface area (Å²) in [5.74, 6) is 0.199. The van der Waals surface area contributed by atoms with Crippen LogP contribution in [-0.4, -0.2) is 21.2 Å². The third kappa shape index (κ3) is 5.24. The van der Waals surface area contributed by atoms with Gasteiger partial charge in [0.15, 0.2) is 5.84 Å². The maximum Gasteiger partial charge on any atom is 0.154 e. The number of aromatic nitrogens is 2. The second-order valence-electron chi connectivity index (χ2n) is 17.0. The van der Waals surface area contributed by atoms with Crippen molar-refractivity contribution < 1.29 is 8.83 Å². The molecule has 0 bridgehead atoms. The topological polar surface area (TPSA) is 109 Å². The van der Waals surface area contributed by atoms with Crippen LogP contribution in [0.25, 0.3) is 126 Å².